The van der Waals surface area contributed by atoms with E-state index in [1.54, 1.807) is 6.20 Å². The predicted molar refractivity (Wildman–Crippen MR) is 64.2 cm³/mol. The van der Waals surface area contributed by atoms with Gasteiger partial charge in [-0.15, -0.1) is 0 Å². The van der Waals surface area contributed by atoms with Crippen LogP contribution in [0.5, 0.6) is 0 Å². The van der Waals surface area contributed by atoms with Crippen LogP contribution in [-0.2, 0) is 0 Å². The van der Waals surface area contributed by atoms with Crippen molar-refractivity contribution < 1.29 is 4.42 Å². The van der Waals surface area contributed by atoms with Gasteiger partial charge in [0.2, 0.25) is 0 Å². The van der Waals surface area contributed by atoms with E-state index in [1.165, 1.54) is 0 Å². The summed E-state index contributed by atoms with van der Waals surface area (Å²) in [4.78, 5) is 4.15. The highest BCUT2D eigenvalue weighted by molar-refractivity contribution is 9.10. The topological polar surface area (TPSA) is 26.0 Å². The van der Waals surface area contributed by atoms with Crippen molar-refractivity contribution in [3.63, 3.8) is 0 Å². The summed E-state index contributed by atoms with van der Waals surface area (Å²) in [5.41, 5.74) is 1.50. The van der Waals surface area contributed by atoms with Crippen molar-refractivity contribution in [2.45, 2.75) is 0 Å². The van der Waals surface area contributed by atoms with Crippen LogP contribution in [0.3, 0.4) is 0 Å². The Morgan fingerprint density at radius 2 is 2.07 bits per heavy atom. The van der Waals surface area contributed by atoms with Crippen LogP contribution in [0.1, 0.15) is 0 Å². The van der Waals surface area contributed by atoms with Crippen molar-refractivity contribution in [1.29, 1.82) is 0 Å². The third-order valence-electron chi connectivity index (χ3n) is 2.31. The second kappa shape index (κ2) is 3.22. The number of furan rings is 1. The van der Waals surface area contributed by atoms with Gasteiger partial charge in [-0.2, -0.15) is 0 Å². The van der Waals surface area contributed by atoms with Gasteiger partial charge in [-0.05, 0) is 22.0 Å². The van der Waals surface area contributed by atoms with Gasteiger partial charge in [-0.25, -0.2) is 4.98 Å². The summed E-state index contributed by atoms with van der Waals surface area (Å²) in [6.07, 6.45) is 1.58. The van der Waals surface area contributed by atoms with Crippen LogP contribution in [0, 0.1) is 0 Å². The molecule has 3 rings (SSSR count). The number of benzene rings is 1. The fourth-order valence-electron chi connectivity index (χ4n) is 1.65. The monoisotopic (exact) mass is 281 g/mol. The van der Waals surface area contributed by atoms with E-state index >= 15 is 0 Å². The number of fused-ring (bicyclic) bond motifs is 3. The first-order valence-corrected chi connectivity index (χ1v) is 5.56. The Morgan fingerprint density at radius 3 is 2.93 bits per heavy atom. The normalized spacial score (nSPS) is 11.3. The summed E-state index contributed by atoms with van der Waals surface area (Å²) in [5.74, 6) is 0. The molecule has 0 saturated heterocycles. The van der Waals surface area contributed by atoms with Crippen molar-refractivity contribution >= 4 is 49.5 Å². The number of aromatic nitrogens is 1. The highest BCUT2D eigenvalue weighted by Crippen LogP contribution is 2.36. The Kier molecular flexibility index (Phi) is 1.97. The number of nitrogens with zero attached hydrogens (tertiary/aromatic N) is 1. The smallest absolute Gasteiger partial charge is 0.158 e. The fraction of sp³-hybridized carbons (Fsp3) is 0. The molecule has 15 heavy (non-hydrogen) atoms. The van der Waals surface area contributed by atoms with E-state index in [1.807, 2.05) is 24.3 Å². The molecule has 0 fully saturated rings. The Bertz CT molecular complexity index is 662. The highest BCUT2D eigenvalue weighted by Gasteiger charge is 2.12. The van der Waals surface area contributed by atoms with Crippen molar-refractivity contribution in [2.75, 3.05) is 0 Å². The Morgan fingerprint density at radius 1 is 1.27 bits per heavy atom. The SMILES string of the molecule is Clc1cnc(Br)c2c1oc1ccccc12. The van der Waals surface area contributed by atoms with Crippen LogP contribution in [0.2, 0.25) is 5.02 Å². The highest BCUT2D eigenvalue weighted by atomic mass is 79.9. The lowest BCUT2D eigenvalue weighted by molar-refractivity contribution is 0.668. The van der Waals surface area contributed by atoms with Crippen LogP contribution in [-0.4, -0.2) is 4.98 Å². The van der Waals surface area contributed by atoms with E-state index in [4.69, 9.17) is 16.0 Å². The minimum absolute atomic E-state index is 0.532. The molecule has 0 unspecified atom stereocenters. The zero-order chi connectivity index (χ0) is 10.4. The second-order valence-corrected chi connectivity index (χ2v) is 4.36. The van der Waals surface area contributed by atoms with Crippen molar-refractivity contribution in [2.24, 2.45) is 0 Å². The molecule has 0 N–H and O–H groups in total. The van der Waals surface area contributed by atoms with E-state index in [-0.39, 0.29) is 0 Å². The molecule has 0 aliphatic carbocycles. The maximum atomic E-state index is 6.02. The molecular weight excluding hydrogens is 277 g/mol. The number of pyridine rings is 1. The van der Waals surface area contributed by atoms with Crippen molar-refractivity contribution in [3.05, 3.63) is 40.1 Å². The molecule has 0 spiro atoms. The van der Waals surface area contributed by atoms with Gasteiger partial charge in [-0.1, -0.05) is 29.8 Å². The number of halogens is 2. The maximum Gasteiger partial charge on any atom is 0.158 e. The lowest BCUT2D eigenvalue weighted by Gasteiger charge is -1.94. The molecule has 0 aliphatic heterocycles. The van der Waals surface area contributed by atoms with E-state index < -0.39 is 0 Å². The third-order valence-corrected chi connectivity index (χ3v) is 3.18. The van der Waals surface area contributed by atoms with Crippen LogP contribution >= 0.6 is 27.5 Å². The van der Waals surface area contributed by atoms with Crippen LogP contribution in [0.25, 0.3) is 21.9 Å². The molecule has 0 aliphatic rings. The fourth-order valence-corrected chi connectivity index (χ4v) is 2.33. The second-order valence-electron chi connectivity index (χ2n) is 3.20. The number of rotatable bonds is 0. The summed E-state index contributed by atoms with van der Waals surface area (Å²) in [7, 11) is 0. The molecule has 0 bridgehead atoms. The lowest BCUT2D eigenvalue weighted by Crippen LogP contribution is -1.76. The predicted octanol–water partition coefficient (Wildman–Crippen LogP) is 4.40. The van der Waals surface area contributed by atoms with Gasteiger partial charge in [0, 0.05) is 5.39 Å². The molecule has 2 heterocycles. The number of hydrogen-bond acceptors (Lipinski definition) is 2. The summed E-state index contributed by atoms with van der Waals surface area (Å²) in [5, 5.41) is 2.48. The van der Waals surface area contributed by atoms with Gasteiger partial charge in [-0.3, -0.25) is 0 Å². The first-order valence-electron chi connectivity index (χ1n) is 4.38. The summed E-state index contributed by atoms with van der Waals surface area (Å²) < 4.78 is 6.42. The molecular formula is C11H5BrClNO. The van der Waals surface area contributed by atoms with Gasteiger partial charge in [0.25, 0.3) is 0 Å². The van der Waals surface area contributed by atoms with Gasteiger partial charge in [0.05, 0.1) is 11.6 Å². The van der Waals surface area contributed by atoms with Crippen molar-refractivity contribution in [1.82, 2.24) is 4.98 Å². The Balaban J connectivity index is 2.66. The van der Waals surface area contributed by atoms with E-state index in [2.05, 4.69) is 20.9 Å². The van der Waals surface area contributed by atoms with E-state index in [0.29, 0.717) is 10.6 Å². The first kappa shape index (κ1) is 9.19. The maximum absolute atomic E-state index is 6.02. The standard InChI is InChI=1S/C11H5BrClNO/c12-11-9-6-3-1-2-4-8(6)15-10(9)7(13)5-14-11/h1-5H. The molecule has 1 aromatic carbocycles. The molecule has 2 aromatic heterocycles. The minimum Gasteiger partial charge on any atom is -0.454 e. The molecule has 0 atom stereocenters. The van der Waals surface area contributed by atoms with Gasteiger partial charge in [0.15, 0.2) is 5.58 Å². The first-order chi connectivity index (χ1) is 7.27. The molecule has 0 amide bonds. The minimum atomic E-state index is 0.532. The van der Waals surface area contributed by atoms with Crippen LogP contribution in [0.15, 0.2) is 39.5 Å². The zero-order valence-corrected chi connectivity index (χ0v) is 9.84. The lowest BCUT2D eigenvalue weighted by atomic mass is 10.2. The van der Waals surface area contributed by atoms with Gasteiger partial charge < -0.3 is 4.42 Å². The van der Waals surface area contributed by atoms with Crippen LogP contribution in [0.4, 0.5) is 0 Å². The van der Waals surface area contributed by atoms with Crippen LogP contribution < -0.4 is 0 Å². The zero-order valence-electron chi connectivity index (χ0n) is 7.50. The molecule has 0 radical (unpaired) electrons. The summed E-state index contributed by atoms with van der Waals surface area (Å²) in [6, 6.07) is 7.80. The number of para-hydroxylation sites is 1. The molecule has 74 valence electrons. The average molecular weight is 283 g/mol. The van der Waals surface area contributed by atoms with Gasteiger partial charge >= 0.3 is 0 Å². The van der Waals surface area contributed by atoms with E-state index in [0.717, 1.165) is 21.0 Å². The number of hydrogen-bond donors (Lipinski definition) is 0. The summed E-state index contributed by atoms with van der Waals surface area (Å²) in [6.45, 7) is 0. The van der Waals surface area contributed by atoms with Crippen molar-refractivity contribution in [3.8, 4) is 0 Å². The molecule has 2 nitrogen and oxygen atoms in total. The molecule has 0 saturated carbocycles. The molecule has 4 heteroatoms. The summed E-state index contributed by atoms with van der Waals surface area (Å²) >= 11 is 9.42. The quantitative estimate of drug-likeness (QED) is 0.571. The van der Waals surface area contributed by atoms with E-state index in [9.17, 15) is 0 Å². The molecule has 3 aromatic rings. The third kappa shape index (κ3) is 1.27. The Hall–Kier alpha value is -1.06. The Labute approximate surface area is 99.0 Å². The largest absolute Gasteiger partial charge is 0.454 e. The van der Waals surface area contributed by atoms with Gasteiger partial charge in [0.1, 0.15) is 15.2 Å². The average Bonchev–Trinajstić information content (AvgIpc) is 2.64.